The molecule has 25 heavy (non-hydrogen) atoms. The van der Waals surface area contributed by atoms with Gasteiger partial charge in [0, 0.05) is 0 Å². The third-order valence-corrected chi connectivity index (χ3v) is 10.4. The molecule has 0 unspecified atom stereocenters. The molecule has 1 fully saturated rings. The van der Waals surface area contributed by atoms with Gasteiger partial charge in [0.1, 0.15) is 6.10 Å². The molecule has 0 amide bonds. The molecule has 2 aromatic rings. The molecule has 0 aliphatic carbocycles. The van der Waals surface area contributed by atoms with E-state index in [0.29, 0.717) is 0 Å². The summed E-state index contributed by atoms with van der Waals surface area (Å²) in [6.07, 6.45) is 0.218. The predicted molar refractivity (Wildman–Crippen MR) is 107 cm³/mol. The van der Waals surface area contributed by atoms with E-state index in [0.717, 1.165) is 0 Å². The topological polar surface area (TPSA) is 21.8 Å². The predicted octanol–water partition coefficient (Wildman–Crippen LogP) is 4.13. The zero-order chi connectivity index (χ0) is 18.3. The SMILES string of the molecule is C[C@H](O[Si](c1ccccc1)(c1ccccc1)C(C)(C)C)[C@@H]1OC1(C)C. The normalized spacial score (nSPS) is 21.0. The van der Waals surface area contributed by atoms with E-state index in [1.807, 2.05) is 0 Å². The van der Waals surface area contributed by atoms with Crippen LogP contribution in [0.3, 0.4) is 0 Å². The van der Waals surface area contributed by atoms with Crippen molar-refractivity contribution in [3.05, 3.63) is 60.7 Å². The van der Waals surface area contributed by atoms with E-state index in [-0.39, 0.29) is 22.8 Å². The second-order valence-corrected chi connectivity index (χ2v) is 12.9. The molecule has 0 aromatic heterocycles. The molecule has 2 aromatic carbocycles. The molecular weight excluding hydrogens is 324 g/mol. The quantitative estimate of drug-likeness (QED) is 0.595. The number of ether oxygens (including phenoxy) is 1. The summed E-state index contributed by atoms with van der Waals surface area (Å²) in [7, 11) is -2.48. The van der Waals surface area contributed by atoms with Gasteiger partial charge in [0.05, 0.1) is 11.7 Å². The molecule has 1 aliphatic rings. The van der Waals surface area contributed by atoms with Crippen LogP contribution in [0.1, 0.15) is 41.5 Å². The zero-order valence-corrected chi connectivity index (χ0v) is 17.2. The van der Waals surface area contributed by atoms with Crippen LogP contribution < -0.4 is 10.4 Å². The highest BCUT2D eigenvalue weighted by atomic mass is 28.4. The minimum atomic E-state index is -2.48. The van der Waals surface area contributed by atoms with Crippen molar-refractivity contribution in [1.82, 2.24) is 0 Å². The van der Waals surface area contributed by atoms with Crippen LogP contribution in [0.15, 0.2) is 60.7 Å². The van der Waals surface area contributed by atoms with Crippen LogP contribution in [0.5, 0.6) is 0 Å². The zero-order valence-electron chi connectivity index (χ0n) is 16.2. The lowest BCUT2D eigenvalue weighted by molar-refractivity contribution is 0.164. The van der Waals surface area contributed by atoms with Gasteiger partial charge >= 0.3 is 0 Å². The van der Waals surface area contributed by atoms with E-state index in [1.54, 1.807) is 0 Å². The molecule has 0 bridgehead atoms. The number of hydrogen-bond acceptors (Lipinski definition) is 2. The molecule has 134 valence electrons. The first kappa shape index (κ1) is 18.4. The van der Waals surface area contributed by atoms with Gasteiger partial charge < -0.3 is 9.16 Å². The van der Waals surface area contributed by atoms with Crippen LogP contribution in [0.2, 0.25) is 5.04 Å². The molecule has 0 spiro atoms. The largest absolute Gasteiger partial charge is 0.402 e. The summed E-state index contributed by atoms with van der Waals surface area (Å²) in [4.78, 5) is 0. The van der Waals surface area contributed by atoms with Crippen molar-refractivity contribution >= 4 is 18.7 Å². The average Bonchev–Trinajstić information content (AvgIpc) is 3.21. The van der Waals surface area contributed by atoms with Gasteiger partial charge in [-0.25, -0.2) is 0 Å². The van der Waals surface area contributed by atoms with Crippen molar-refractivity contribution in [3.63, 3.8) is 0 Å². The fourth-order valence-corrected chi connectivity index (χ4v) is 8.68. The Labute approximate surface area is 153 Å². The van der Waals surface area contributed by atoms with E-state index in [4.69, 9.17) is 9.16 Å². The fraction of sp³-hybridized carbons (Fsp3) is 0.455. The molecular formula is C22H30O2Si. The average molecular weight is 355 g/mol. The Morgan fingerprint density at radius 2 is 1.32 bits per heavy atom. The lowest BCUT2D eigenvalue weighted by atomic mass is 10.1. The first-order chi connectivity index (χ1) is 11.7. The molecule has 3 rings (SSSR count). The van der Waals surface area contributed by atoms with Gasteiger partial charge in [-0.2, -0.15) is 0 Å². The summed E-state index contributed by atoms with van der Waals surface area (Å²) < 4.78 is 12.9. The van der Waals surface area contributed by atoms with Gasteiger partial charge in [-0.05, 0) is 36.2 Å². The summed E-state index contributed by atoms with van der Waals surface area (Å²) in [6, 6.07) is 21.6. The van der Waals surface area contributed by atoms with Gasteiger partial charge in [0.15, 0.2) is 0 Å². The lowest BCUT2D eigenvalue weighted by Gasteiger charge is -2.44. The Morgan fingerprint density at radius 3 is 1.64 bits per heavy atom. The fourth-order valence-electron chi connectivity index (χ4n) is 3.99. The second kappa shape index (κ2) is 6.38. The molecule has 0 radical (unpaired) electrons. The van der Waals surface area contributed by atoms with E-state index in [2.05, 4.69) is 102 Å². The highest BCUT2D eigenvalue weighted by Crippen LogP contribution is 2.43. The molecule has 0 N–H and O–H groups in total. The molecule has 0 saturated carbocycles. The van der Waals surface area contributed by atoms with Crippen molar-refractivity contribution in [1.29, 1.82) is 0 Å². The van der Waals surface area contributed by atoms with Crippen LogP contribution >= 0.6 is 0 Å². The molecule has 3 heteroatoms. The number of benzene rings is 2. The first-order valence-corrected chi connectivity index (χ1v) is 11.1. The monoisotopic (exact) mass is 354 g/mol. The summed E-state index contributed by atoms with van der Waals surface area (Å²) >= 11 is 0. The molecule has 1 aliphatic heterocycles. The highest BCUT2D eigenvalue weighted by molar-refractivity contribution is 6.99. The Hall–Kier alpha value is -1.42. The lowest BCUT2D eigenvalue weighted by Crippen LogP contribution is -2.68. The maximum absolute atomic E-state index is 7.05. The third kappa shape index (κ3) is 3.33. The number of rotatable bonds is 5. The van der Waals surface area contributed by atoms with E-state index in [9.17, 15) is 0 Å². The Balaban J connectivity index is 2.12. The van der Waals surface area contributed by atoms with Crippen LogP contribution in [-0.4, -0.2) is 26.1 Å². The van der Waals surface area contributed by atoms with Gasteiger partial charge in [-0.1, -0.05) is 81.4 Å². The molecule has 1 saturated heterocycles. The maximum atomic E-state index is 7.05. The molecule has 1 heterocycles. The Morgan fingerprint density at radius 1 is 0.920 bits per heavy atom. The van der Waals surface area contributed by atoms with Crippen molar-refractivity contribution in [2.24, 2.45) is 0 Å². The molecule has 2 nitrogen and oxygen atoms in total. The van der Waals surface area contributed by atoms with Crippen molar-refractivity contribution in [2.45, 2.75) is 64.4 Å². The second-order valence-electron chi connectivity index (χ2n) is 8.63. The van der Waals surface area contributed by atoms with Crippen molar-refractivity contribution < 1.29 is 9.16 Å². The minimum Gasteiger partial charge on any atom is -0.402 e. The smallest absolute Gasteiger partial charge is 0.261 e. The van der Waals surface area contributed by atoms with Crippen LogP contribution in [0.25, 0.3) is 0 Å². The van der Waals surface area contributed by atoms with Crippen LogP contribution in [0, 0.1) is 0 Å². The van der Waals surface area contributed by atoms with Gasteiger partial charge in [-0.15, -0.1) is 0 Å². The first-order valence-electron chi connectivity index (χ1n) is 9.15. The van der Waals surface area contributed by atoms with E-state index < -0.39 is 8.32 Å². The standard InChI is InChI=1S/C22H30O2Si/c1-17(20-22(5,6)23-20)24-25(21(2,3)4,18-13-9-7-10-14-18)19-15-11-8-12-16-19/h7-17,20H,1-6H3/t17-,20-/m0/s1. The summed E-state index contributed by atoms with van der Waals surface area (Å²) in [5.41, 5.74) is -0.0786. The van der Waals surface area contributed by atoms with Crippen molar-refractivity contribution in [2.75, 3.05) is 0 Å². The number of epoxide rings is 1. The third-order valence-electron chi connectivity index (χ3n) is 5.26. The van der Waals surface area contributed by atoms with Crippen LogP contribution in [0.4, 0.5) is 0 Å². The van der Waals surface area contributed by atoms with Gasteiger partial charge in [-0.3, -0.25) is 0 Å². The number of hydrogen-bond donors (Lipinski definition) is 0. The summed E-state index contributed by atoms with van der Waals surface area (Å²) in [6.45, 7) is 13.4. The van der Waals surface area contributed by atoms with Gasteiger partial charge in [0.25, 0.3) is 8.32 Å². The summed E-state index contributed by atoms with van der Waals surface area (Å²) in [5.74, 6) is 0. The van der Waals surface area contributed by atoms with E-state index in [1.165, 1.54) is 10.4 Å². The highest BCUT2D eigenvalue weighted by Gasteiger charge is 2.57. The van der Waals surface area contributed by atoms with Gasteiger partial charge in [0.2, 0.25) is 0 Å². The Kier molecular flexibility index (Phi) is 4.69. The van der Waals surface area contributed by atoms with Crippen LogP contribution in [-0.2, 0) is 9.16 Å². The Bertz CT molecular complexity index is 664. The maximum Gasteiger partial charge on any atom is 0.261 e. The summed E-state index contributed by atoms with van der Waals surface area (Å²) in [5, 5.41) is 2.64. The van der Waals surface area contributed by atoms with Crippen molar-refractivity contribution in [3.8, 4) is 0 Å². The van der Waals surface area contributed by atoms with E-state index >= 15 is 0 Å². The molecule has 2 atom stereocenters. The minimum absolute atomic E-state index is 0.00298.